The predicted octanol–water partition coefficient (Wildman–Crippen LogP) is 0.229. The fourth-order valence-electron chi connectivity index (χ4n) is 1.02. The third-order valence-corrected chi connectivity index (χ3v) is 1.81. The van der Waals surface area contributed by atoms with Crippen molar-refractivity contribution in [1.82, 2.24) is 10.4 Å². The van der Waals surface area contributed by atoms with Crippen LogP contribution in [0.4, 0.5) is 0 Å². The summed E-state index contributed by atoms with van der Waals surface area (Å²) in [6.07, 6.45) is 1.77. The quantitative estimate of drug-likeness (QED) is 0.385. The van der Waals surface area contributed by atoms with Crippen LogP contribution in [-0.4, -0.2) is 36.9 Å². The average molecular weight is 230 g/mol. The van der Waals surface area contributed by atoms with Gasteiger partial charge in [0, 0.05) is 12.8 Å². The summed E-state index contributed by atoms with van der Waals surface area (Å²) in [6.45, 7) is 2.48. The van der Waals surface area contributed by atoms with Gasteiger partial charge in [0.2, 0.25) is 0 Å². The van der Waals surface area contributed by atoms with Gasteiger partial charge in [-0.2, -0.15) is 0 Å². The van der Waals surface area contributed by atoms with E-state index in [-0.39, 0.29) is 19.3 Å². The molecular formula is C10H18N2O4. The van der Waals surface area contributed by atoms with Crippen molar-refractivity contribution in [2.45, 2.75) is 32.6 Å². The van der Waals surface area contributed by atoms with Crippen LogP contribution >= 0.6 is 0 Å². The first-order valence-corrected chi connectivity index (χ1v) is 5.28. The molecule has 0 heterocycles. The van der Waals surface area contributed by atoms with Crippen molar-refractivity contribution in [3.63, 3.8) is 0 Å². The van der Waals surface area contributed by atoms with Crippen LogP contribution in [0.5, 0.6) is 0 Å². The van der Waals surface area contributed by atoms with Crippen LogP contribution in [-0.2, 0) is 19.2 Å². The lowest BCUT2D eigenvalue weighted by Crippen LogP contribution is -2.32. The van der Waals surface area contributed by atoms with Crippen molar-refractivity contribution >= 4 is 18.3 Å². The van der Waals surface area contributed by atoms with E-state index >= 15 is 0 Å². The van der Waals surface area contributed by atoms with Crippen molar-refractivity contribution in [3.05, 3.63) is 0 Å². The Morgan fingerprint density at radius 3 is 2.56 bits per heavy atom. The Kier molecular flexibility index (Phi) is 8.05. The maximum Gasteiger partial charge on any atom is 0.333 e. The highest BCUT2D eigenvalue weighted by atomic mass is 16.7. The lowest BCUT2D eigenvalue weighted by molar-refractivity contribution is -0.196. The number of carbonyl (C=O) groups excluding carboxylic acids is 3. The predicted molar refractivity (Wildman–Crippen MR) is 57.1 cm³/mol. The van der Waals surface area contributed by atoms with Crippen LogP contribution < -0.4 is 5.32 Å². The van der Waals surface area contributed by atoms with E-state index in [9.17, 15) is 14.4 Å². The van der Waals surface area contributed by atoms with E-state index in [0.29, 0.717) is 24.4 Å². The van der Waals surface area contributed by atoms with Gasteiger partial charge in [0.05, 0.1) is 0 Å². The largest absolute Gasteiger partial charge is 0.333 e. The summed E-state index contributed by atoms with van der Waals surface area (Å²) in [5.41, 5.74) is 0. The molecule has 6 nitrogen and oxygen atoms in total. The van der Waals surface area contributed by atoms with Crippen molar-refractivity contribution < 1.29 is 19.2 Å². The molecule has 0 aliphatic heterocycles. The normalized spacial score (nSPS) is 9.62. The molecule has 0 rings (SSSR count). The molecule has 0 aromatic carbocycles. The monoisotopic (exact) mass is 230 g/mol. The molecule has 1 N–H and O–H groups in total. The topological polar surface area (TPSA) is 75.7 Å². The molecular weight excluding hydrogens is 212 g/mol. The smallest absolute Gasteiger partial charge is 0.331 e. The maximum absolute atomic E-state index is 11.2. The Bertz CT molecular complexity index is 243. The molecule has 0 aliphatic carbocycles. The van der Waals surface area contributed by atoms with Gasteiger partial charge in [-0.15, -0.1) is 5.06 Å². The Morgan fingerprint density at radius 2 is 2.06 bits per heavy atom. The molecule has 0 bridgehead atoms. The Morgan fingerprint density at radius 1 is 1.38 bits per heavy atom. The first-order valence-electron chi connectivity index (χ1n) is 5.28. The summed E-state index contributed by atoms with van der Waals surface area (Å²) in [5, 5.41) is 3.34. The van der Waals surface area contributed by atoms with Crippen LogP contribution in [0.3, 0.4) is 0 Å². The minimum Gasteiger partial charge on any atom is -0.331 e. The van der Waals surface area contributed by atoms with Crippen molar-refractivity contribution in [2.75, 3.05) is 13.6 Å². The number of carbonyl (C=O) groups is 3. The van der Waals surface area contributed by atoms with Crippen LogP contribution in [0.1, 0.15) is 32.6 Å². The Balaban J connectivity index is 3.96. The van der Waals surface area contributed by atoms with Gasteiger partial charge in [0.25, 0.3) is 12.3 Å². The fraction of sp³-hybridized carbons (Fsp3) is 0.700. The molecule has 0 aliphatic rings. The highest BCUT2D eigenvalue weighted by Crippen LogP contribution is 1.99. The SMILES string of the molecule is CCCC(=O)N(C=O)OC(=O)CCCNC. The van der Waals surface area contributed by atoms with Gasteiger partial charge in [-0.1, -0.05) is 6.92 Å². The maximum atomic E-state index is 11.2. The van der Waals surface area contributed by atoms with Crippen LogP contribution in [0, 0.1) is 0 Å². The van der Waals surface area contributed by atoms with E-state index in [2.05, 4.69) is 10.2 Å². The number of hydrogen-bond donors (Lipinski definition) is 1. The highest BCUT2D eigenvalue weighted by molar-refractivity contribution is 5.86. The molecule has 0 fully saturated rings. The third-order valence-electron chi connectivity index (χ3n) is 1.81. The fourth-order valence-corrected chi connectivity index (χ4v) is 1.02. The average Bonchev–Trinajstić information content (AvgIpc) is 2.26. The zero-order valence-electron chi connectivity index (χ0n) is 9.69. The Hall–Kier alpha value is -1.43. The van der Waals surface area contributed by atoms with Crippen molar-refractivity contribution in [1.29, 1.82) is 0 Å². The van der Waals surface area contributed by atoms with E-state index in [4.69, 9.17) is 0 Å². The molecule has 2 amide bonds. The minimum absolute atomic E-state index is 0.171. The number of nitrogens with one attached hydrogen (secondary N) is 1. The number of nitrogens with zero attached hydrogens (tertiary/aromatic N) is 1. The molecule has 0 aromatic heterocycles. The van der Waals surface area contributed by atoms with Gasteiger partial charge in [-0.05, 0) is 26.4 Å². The number of rotatable bonds is 7. The molecule has 0 unspecified atom stereocenters. The summed E-state index contributed by atoms with van der Waals surface area (Å²) < 4.78 is 0. The summed E-state index contributed by atoms with van der Waals surface area (Å²) in [5.74, 6) is -1.08. The second kappa shape index (κ2) is 8.84. The number of hydroxylamine groups is 2. The van der Waals surface area contributed by atoms with Crippen LogP contribution in [0.2, 0.25) is 0 Å². The van der Waals surface area contributed by atoms with Crippen LogP contribution in [0.25, 0.3) is 0 Å². The van der Waals surface area contributed by atoms with Crippen molar-refractivity contribution in [3.8, 4) is 0 Å². The summed E-state index contributed by atoms with van der Waals surface area (Å²) in [7, 11) is 1.77. The molecule has 6 heteroatoms. The lowest BCUT2D eigenvalue weighted by atomic mass is 10.3. The second-order valence-electron chi connectivity index (χ2n) is 3.25. The van der Waals surface area contributed by atoms with Gasteiger partial charge in [-0.25, -0.2) is 4.79 Å². The molecule has 0 atom stereocenters. The van der Waals surface area contributed by atoms with E-state index < -0.39 is 11.9 Å². The molecule has 0 saturated carbocycles. The standard InChI is InChI=1S/C10H18N2O4/c1-3-5-9(14)12(8-13)16-10(15)6-4-7-11-2/h8,11H,3-7H2,1-2H3. The van der Waals surface area contributed by atoms with Gasteiger partial charge in [0.1, 0.15) is 0 Å². The van der Waals surface area contributed by atoms with Gasteiger partial charge < -0.3 is 10.2 Å². The second-order valence-corrected chi connectivity index (χ2v) is 3.25. The van der Waals surface area contributed by atoms with Gasteiger partial charge in [-0.3, -0.25) is 9.59 Å². The zero-order valence-corrected chi connectivity index (χ0v) is 9.69. The molecule has 16 heavy (non-hydrogen) atoms. The number of imide groups is 1. The van der Waals surface area contributed by atoms with Gasteiger partial charge >= 0.3 is 5.97 Å². The Labute approximate surface area is 94.9 Å². The van der Waals surface area contributed by atoms with E-state index in [1.807, 2.05) is 0 Å². The van der Waals surface area contributed by atoms with Crippen LogP contribution in [0.15, 0.2) is 0 Å². The number of hydrogen-bond acceptors (Lipinski definition) is 5. The van der Waals surface area contributed by atoms with E-state index in [1.165, 1.54) is 0 Å². The molecule has 0 spiro atoms. The molecule has 92 valence electrons. The first-order chi connectivity index (χ1) is 7.65. The summed E-state index contributed by atoms with van der Waals surface area (Å²) in [4.78, 5) is 37.5. The van der Waals surface area contributed by atoms with E-state index in [0.717, 1.165) is 0 Å². The molecule has 0 radical (unpaired) electrons. The lowest BCUT2D eigenvalue weighted by Gasteiger charge is -2.13. The van der Waals surface area contributed by atoms with Gasteiger partial charge in [0.15, 0.2) is 0 Å². The minimum atomic E-state index is -0.577. The summed E-state index contributed by atoms with van der Waals surface area (Å²) >= 11 is 0. The van der Waals surface area contributed by atoms with Crippen molar-refractivity contribution in [2.24, 2.45) is 0 Å². The highest BCUT2D eigenvalue weighted by Gasteiger charge is 2.16. The molecule has 0 aromatic rings. The number of amides is 2. The zero-order chi connectivity index (χ0) is 12.4. The summed E-state index contributed by atoms with van der Waals surface area (Å²) in [6, 6.07) is 0. The first kappa shape index (κ1) is 14.6. The molecule has 0 saturated heterocycles. The van der Waals surface area contributed by atoms with E-state index in [1.54, 1.807) is 14.0 Å². The third kappa shape index (κ3) is 6.13.